The highest BCUT2D eigenvalue weighted by Gasteiger charge is 2.07. The molecule has 1 aromatic heterocycles. The molecule has 18 heavy (non-hydrogen) atoms. The van der Waals surface area contributed by atoms with Crippen LogP contribution in [0, 0.1) is 12.7 Å². The molecule has 0 saturated carbocycles. The molecule has 0 aliphatic heterocycles. The van der Waals surface area contributed by atoms with Crippen molar-refractivity contribution < 1.29 is 9.13 Å². The second-order valence-electron chi connectivity index (χ2n) is 3.78. The second-order valence-corrected chi connectivity index (χ2v) is 4.63. The number of ether oxygens (including phenoxy) is 1. The highest BCUT2D eigenvalue weighted by Crippen LogP contribution is 2.29. The molecular weight excluding hydrogens is 299 g/mol. The predicted molar refractivity (Wildman–Crippen MR) is 70.3 cm³/mol. The summed E-state index contributed by atoms with van der Waals surface area (Å²) >= 11 is 3.31. The van der Waals surface area contributed by atoms with Gasteiger partial charge in [0.2, 0.25) is 5.88 Å². The Morgan fingerprint density at radius 2 is 2.06 bits per heavy atom. The number of hydrogen-bond acceptors (Lipinski definition) is 3. The first-order valence-electron chi connectivity index (χ1n) is 5.56. The van der Waals surface area contributed by atoms with Gasteiger partial charge in [-0.15, -0.1) is 0 Å². The summed E-state index contributed by atoms with van der Waals surface area (Å²) in [6.45, 7) is 3.80. The summed E-state index contributed by atoms with van der Waals surface area (Å²) in [5.41, 5.74) is 0.894. The molecule has 5 heteroatoms. The van der Waals surface area contributed by atoms with Crippen LogP contribution >= 0.6 is 15.9 Å². The van der Waals surface area contributed by atoms with Gasteiger partial charge in [0, 0.05) is 17.8 Å². The van der Waals surface area contributed by atoms with Crippen LogP contribution in [0.5, 0.6) is 11.6 Å². The number of nitrogens with zero attached hydrogens (tertiary/aromatic N) is 2. The van der Waals surface area contributed by atoms with E-state index in [-0.39, 0.29) is 5.82 Å². The number of aromatic nitrogens is 2. The first kappa shape index (κ1) is 13.0. The van der Waals surface area contributed by atoms with Gasteiger partial charge >= 0.3 is 0 Å². The van der Waals surface area contributed by atoms with E-state index in [1.54, 1.807) is 19.1 Å². The van der Waals surface area contributed by atoms with Crippen LogP contribution in [0.4, 0.5) is 4.39 Å². The Bertz CT molecular complexity index is 575. The van der Waals surface area contributed by atoms with Crippen LogP contribution in [0.15, 0.2) is 28.7 Å². The minimum absolute atomic E-state index is 0.352. The van der Waals surface area contributed by atoms with Gasteiger partial charge in [0.05, 0.1) is 4.47 Å². The number of aryl methyl sites for hydroxylation is 2. The summed E-state index contributed by atoms with van der Waals surface area (Å²) in [6.07, 6.45) is 0.796. The molecule has 0 bridgehead atoms. The van der Waals surface area contributed by atoms with Crippen molar-refractivity contribution in [2.75, 3.05) is 0 Å². The van der Waals surface area contributed by atoms with Gasteiger partial charge in [-0.05, 0) is 41.4 Å². The summed E-state index contributed by atoms with van der Waals surface area (Å²) in [5, 5.41) is 0. The fourth-order valence-corrected chi connectivity index (χ4v) is 1.83. The molecule has 0 unspecified atom stereocenters. The van der Waals surface area contributed by atoms with Crippen LogP contribution in [-0.2, 0) is 6.42 Å². The van der Waals surface area contributed by atoms with Crippen molar-refractivity contribution in [2.24, 2.45) is 0 Å². The SMILES string of the molecule is CCc1cc(Oc2cc(F)ccc2Br)nc(C)n1. The van der Waals surface area contributed by atoms with E-state index in [9.17, 15) is 4.39 Å². The highest BCUT2D eigenvalue weighted by molar-refractivity contribution is 9.10. The zero-order chi connectivity index (χ0) is 13.1. The van der Waals surface area contributed by atoms with Gasteiger partial charge < -0.3 is 4.74 Å². The molecule has 0 aliphatic carbocycles. The molecule has 1 heterocycles. The summed E-state index contributed by atoms with van der Waals surface area (Å²) in [7, 11) is 0. The fourth-order valence-electron chi connectivity index (χ4n) is 1.50. The van der Waals surface area contributed by atoms with Gasteiger partial charge in [0.15, 0.2) is 0 Å². The molecule has 0 aliphatic rings. The van der Waals surface area contributed by atoms with Crippen molar-refractivity contribution in [1.82, 2.24) is 9.97 Å². The van der Waals surface area contributed by atoms with Crippen molar-refractivity contribution >= 4 is 15.9 Å². The van der Waals surface area contributed by atoms with Crippen molar-refractivity contribution in [3.8, 4) is 11.6 Å². The van der Waals surface area contributed by atoms with E-state index < -0.39 is 0 Å². The molecule has 0 amide bonds. The maximum Gasteiger partial charge on any atom is 0.222 e. The van der Waals surface area contributed by atoms with Crippen molar-refractivity contribution in [3.63, 3.8) is 0 Å². The van der Waals surface area contributed by atoms with Crippen LogP contribution in [0.2, 0.25) is 0 Å². The fraction of sp³-hybridized carbons (Fsp3) is 0.231. The van der Waals surface area contributed by atoms with E-state index in [1.807, 2.05) is 6.92 Å². The first-order chi connectivity index (χ1) is 8.58. The Balaban J connectivity index is 2.33. The van der Waals surface area contributed by atoms with Crippen molar-refractivity contribution in [2.45, 2.75) is 20.3 Å². The van der Waals surface area contributed by atoms with Crippen LogP contribution < -0.4 is 4.74 Å². The maximum absolute atomic E-state index is 13.1. The molecule has 3 nitrogen and oxygen atoms in total. The van der Waals surface area contributed by atoms with Crippen LogP contribution in [0.25, 0.3) is 0 Å². The van der Waals surface area contributed by atoms with E-state index in [4.69, 9.17) is 4.74 Å². The molecule has 0 fully saturated rings. The van der Waals surface area contributed by atoms with Gasteiger partial charge in [-0.2, -0.15) is 4.98 Å². The largest absolute Gasteiger partial charge is 0.438 e. The highest BCUT2D eigenvalue weighted by atomic mass is 79.9. The number of halogens is 2. The minimum atomic E-state index is -0.352. The molecule has 94 valence electrons. The molecular formula is C13H12BrFN2O. The smallest absolute Gasteiger partial charge is 0.222 e. The third kappa shape index (κ3) is 3.04. The Morgan fingerprint density at radius 3 is 2.78 bits per heavy atom. The van der Waals surface area contributed by atoms with Gasteiger partial charge in [0.25, 0.3) is 0 Å². The molecule has 1 aromatic carbocycles. The zero-order valence-electron chi connectivity index (χ0n) is 10.1. The van der Waals surface area contributed by atoms with E-state index in [0.29, 0.717) is 21.9 Å². The van der Waals surface area contributed by atoms with Crippen molar-refractivity contribution in [1.29, 1.82) is 0 Å². The van der Waals surface area contributed by atoms with Gasteiger partial charge in [-0.1, -0.05) is 6.92 Å². The molecule has 0 atom stereocenters. The zero-order valence-corrected chi connectivity index (χ0v) is 11.7. The Labute approximate surface area is 113 Å². The van der Waals surface area contributed by atoms with E-state index in [0.717, 1.165) is 12.1 Å². The molecule has 0 radical (unpaired) electrons. The predicted octanol–water partition coefficient (Wildman–Crippen LogP) is 4.04. The third-order valence-corrected chi connectivity index (χ3v) is 2.99. The average molecular weight is 311 g/mol. The number of benzene rings is 1. The lowest BCUT2D eigenvalue weighted by Gasteiger charge is -2.08. The summed E-state index contributed by atoms with van der Waals surface area (Å²) in [4.78, 5) is 8.43. The number of rotatable bonds is 3. The van der Waals surface area contributed by atoms with Crippen LogP contribution in [0.1, 0.15) is 18.4 Å². The standard InChI is InChI=1S/C13H12BrFN2O/c1-3-10-7-13(17-8(2)16-10)18-12-6-9(15)4-5-11(12)14/h4-7H,3H2,1-2H3. The molecule has 0 spiro atoms. The Kier molecular flexibility index (Phi) is 3.91. The summed E-state index contributed by atoms with van der Waals surface area (Å²) in [6, 6.07) is 6.02. The first-order valence-corrected chi connectivity index (χ1v) is 6.35. The van der Waals surface area contributed by atoms with Gasteiger partial charge in [-0.25, -0.2) is 9.37 Å². The Morgan fingerprint density at radius 1 is 1.28 bits per heavy atom. The van der Waals surface area contributed by atoms with Crippen molar-refractivity contribution in [3.05, 3.63) is 46.1 Å². The van der Waals surface area contributed by atoms with Gasteiger partial charge in [-0.3, -0.25) is 0 Å². The lowest BCUT2D eigenvalue weighted by Crippen LogP contribution is -1.97. The summed E-state index contributed by atoms with van der Waals surface area (Å²) in [5.74, 6) is 1.10. The number of hydrogen-bond donors (Lipinski definition) is 0. The average Bonchev–Trinajstić information content (AvgIpc) is 2.33. The lowest BCUT2D eigenvalue weighted by molar-refractivity contribution is 0.451. The monoisotopic (exact) mass is 310 g/mol. The van der Waals surface area contributed by atoms with E-state index >= 15 is 0 Å². The second kappa shape index (κ2) is 5.44. The van der Waals surface area contributed by atoms with E-state index in [1.165, 1.54) is 12.1 Å². The maximum atomic E-state index is 13.1. The minimum Gasteiger partial charge on any atom is -0.438 e. The lowest BCUT2D eigenvalue weighted by atomic mass is 10.3. The quantitative estimate of drug-likeness (QED) is 0.858. The third-order valence-electron chi connectivity index (χ3n) is 2.34. The molecule has 2 rings (SSSR count). The van der Waals surface area contributed by atoms with Crippen LogP contribution in [-0.4, -0.2) is 9.97 Å². The topological polar surface area (TPSA) is 35.0 Å². The van der Waals surface area contributed by atoms with Gasteiger partial charge in [0.1, 0.15) is 17.4 Å². The van der Waals surface area contributed by atoms with Crippen LogP contribution in [0.3, 0.4) is 0 Å². The summed E-state index contributed by atoms with van der Waals surface area (Å²) < 4.78 is 19.4. The normalized spacial score (nSPS) is 10.4. The molecule has 2 aromatic rings. The molecule has 0 N–H and O–H groups in total. The Hall–Kier alpha value is -1.49. The van der Waals surface area contributed by atoms with E-state index in [2.05, 4.69) is 25.9 Å². The molecule has 0 saturated heterocycles.